The minimum atomic E-state index is -4.84. The van der Waals surface area contributed by atoms with Gasteiger partial charge in [-0.2, -0.15) is 13.2 Å². The highest BCUT2D eigenvalue weighted by Gasteiger charge is 2.52. The fourth-order valence-corrected chi connectivity index (χ4v) is 4.70. The topological polar surface area (TPSA) is 148 Å². The van der Waals surface area contributed by atoms with Gasteiger partial charge >= 0.3 is 12.3 Å². The van der Waals surface area contributed by atoms with Crippen molar-refractivity contribution in [1.82, 2.24) is 15.5 Å². The molecule has 0 aromatic heterocycles. The molecule has 1 heterocycles. The molecule has 2 aliphatic rings. The molecule has 4 atom stereocenters. The zero-order chi connectivity index (χ0) is 30.1. The molecule has 10 nitrogen and oxygen atoms in total. The van der Waals surface area contributed by atoms with Gasteiger partial charge in [-0.25, -0.2) is 4.79 Å². The van der Waals surface area contributed by atoms with Gasteiger partial charge in [-0.05, 0) is 49.9 Å². The first-order valence-corrected chi connectivity index (χ1v) is 13.2. The quantitative estimate of drug-likeness (QED) is 0.349. The summed E-state index contributed by atoms with van der Waals surface area (Å²) < 4.78 is 44.3. The fraction of sp³-hybridized carbons (Fsp3) is 0.808. The number of alkyl carbamates (subject to hydrolysis) is 1. The summed E-state index contributed by atoms with van der Waals surface area (Å²) in [4.78, 5) is 65.2. The number of likely N-dealkylation sites (tertiary alicyclic amines) is 1. The molecule has 0 aromatic carbocycles. The molecule has 1 saturated heterocycles. The first-order valence-electron chi connectivity index (χ1n) is 13.2. The molecule has 39 heavy (non-hydrogen) atoms. The maximum Gasteiger partial charge on any atom is 0.427 e. The van der Waals surface area contributed by atoms with Crippen molar-refractivity contribution in [2.45, 2.75) is 104 Å². The first-order chi connectivity index (χ1) is 17.7. The van der Waals surface area contributed by atoms with Gasteiger partial charge in [0.2, 0.25) is 23.2 Å². The molecular weight excluding hydrogens is 521 g/mol. The number of alkyl halides is 3. The lowest BCUT2D eigenvalue weighted by Gasteiger charge is -2.37. The molecule has 4 amide bonds. The number of ether oxygens (including phenoxy) is 1. The van der Waals surface area contributed by atoms with Crippen LogP contribution in [0.2, 0.25) is 0 Å². The molecule has 0 radical (unpaired) electrons. The van der Waals surface area contributed by atoms with Crippen LogP contribution >= 0.6 is 0 Å². The second-order valence-electron chi connectivity index (χ2n) is 12.5. The van der Waals surface area contributed by atoms with E-state index in [0.29, 0.717) is 20.3 Å². The number of hydrogen-bond donors (Lipinski definition) is 3. The van der Waals surface area contributed by atoms with E-state index >= 15 is 0 Å². The number of primary amides is 1. The van der Waals surface area contributed by atoms with E-state index in [-0.39, 0.29) is 30.7 Å². The Labute approximate surface area is 226 Å². The zero-order valence-corrected chi connectivity index (χ0v) is 23.6. The van der Waals surface area contributed by atoms with E-state index in [1.165, 1.54) is 4.90 Å². The largest absolute Gasteiger partial charge is 0.434 e. The Balaban J connectivity index is 2.32. The summed E-state index contributed by atoms with van der Waals surface area (Å²) in [6, 6.07) is -3.48. The van der Waals surface area contributed by atoms with Crippen LogP contribution in [0.4, 0.5) is 18.0 Å². The van der Waals surface area contributed by atoms with Crippen molar-refractivity contribution in [2.24, 2.45) is 28.9 Å². The van der Waals surface area contributed by atoms with Crippen LogP contribution in [0.15, 0.2) is 0 Å². The molecule has 0 spiro atoms. The van der Waals surface area contributed by atoms with Crippen LogP contribution in [0.25, 0.3) is 0 Å². The van der Waals surface area contributed by atoms with Crippen molar-refractivity contribution in [2.75, 3.05) is 6.54 Å². The highest BCUT2D eigenvalue weighted by atomic mass is 19.4. The van der Waals surface area contributed by atoms with E-state index in [0.717, 1.165) is 12.8 Å². The standard InChI is InChI=1S/C26H41F3N4O6/c1-13(2)15-10-11-33(17(15)21(36)31-16(12-14-8-9-14)18(34)20(30)35)22(37)19(24(3,4)5)32-23(38)39-25(6,7)26(27,28)29/h13-17,19H,8-12H2,1-7H3,(H2,30,35)(H,31,36)(H,32,38). The van der Waals surface area contributed by atoms with Crippen molar-refractivity contribution in [1.29, 1.82) is 0 Å². The number of carbonyl (C=O) groups excluding carboxylic acids is 5. The lowest BCUT2D eigenvalue weighted by atomic mass is 9.84. The molecular formula is C26H41F3N4O6. The van der Waals surface area contributed by atoms with E-state index in [9.17, 15) is 37.1 Å². The van der Waals surface area contributed by atoms with Crippen LogP contribution in [0.1, 0.15) is 74.1 Å². The summed E-state index contributed by atoms with van der Waals surface area (Å²) in [5.74, 6) is -3.57. The third-order valence-corrected chi connectivity index (χ3v) is 7.40. The molecule has 2 fully saturated rings. The van der Waals surface area contributed by atoms with E-state index in [1.807, 2.05) is 13.8 Å². The highest BCUT2D eigenvalue weighted by molar-refractivity contribution is 6.37. The molecule has 4 unspecified atom stereocenters. The maximum absolute atomic E-state index is 13.8. The molecule has 13 heteroatoms. The predicted octanol–water partition coefficient (Wildman–Crippen LogP) is 2.68. The van der Waals surface area contributed by atoms with E-state index < -0.39 is 64.9 Å². The number of nitrogens with two attached hydrogens (primary N) is 1. The number of carbonyl (C=O) groups is 5. The van der Waals surface area contributed by atoms with Crippen molar-refractivity contribution >= 4 is 29.6 Å². The first kappa shape index (κ1) is 32.4. The van der Waals surface area contributed by atoms with Gasteiger partial charge in [-0.3, -0.25) is 19.2 Å². The van der Waals surface area contributed by atoms with Crippen molar-refractivity contribution in [3.63, 3.8) is 0 Å². The maximum atomic E-state index is 13.8. The number of nitrogens with one attached hydrogen (secondary N) is 2. The summed E-state index contributed by atoms with van der Waals surface area (Å²) in [6.07, 6.45) is -3.84. The van der Waals surface area contributed by atoms with Crippen LogP contribution in [0.5, 0.6) is 0 Å². The minimum absolute atomic E-state index is 0.0501. The smallest absolute Gasteiger partial charge is 0.427 e. The lowest BCUT2D eigenvalue weighted by Crippen LogP contribution is -2.60. The highest BCUT2D eigenvalue weighted by Crippen LogP contribution is 2.36. The SMILES string of the molecule is CC(C)C1CCN(C(=O)C(NC(=O)OC(C)(C)C(F)(F)F)C(C)(C)C)C1C(=O)NC(CC1CC1)C(=O)C(N)=O. The number of halogens is 3. The average molecular weight is 563 g/mol. The van der Waals surface area contributed by atoms with Crippen LogP contribution in [-0.2, 0) is 23.9 Å². The van der Waals surface area contributed by atoms with Gasteiger partial charge in [-0.1, -0.05) is 47.5 Å². The number of rotatable bonds is 10. The third-order valence-electron chi connectivity index (χ3n) is 7.40. The second kappa shape index (κ2) is 11.7. The number of nitrogens with zero attached hydrogens (tertiary/aromatic N) is 1. The normalized spacial score (nSPS) is 21.8. The zero-order valence-electron chi connectivity index (χ0n) is 23.6. The Bertz CT molecular complexity index is 972. The van der Waals surface area contributed by atoms with Gasteiger partial charge in [-0.15, -0.1) is 0 Å². The Morgan fingerprint density at radius 2 is 1.54 bits per heavy atom. The molecule has 4 N–H and O–H groups in total. The van der Waals surface area contributed by atoms with E-state index in [4.69, 9.17) is 5.73 Å². The van der Waals surface area contributed by atoms with Crippen LogP contribution in [-0.4, -0.2) is 70.9 Å². The van der Waals surface area contributed by atoms with Gasteiger partial charge in [0.1, 0.15) is 12.1 Å². The van der Waals surface area contributed by atoms with Crippen LogP contribution < -0.4 is 16.4 Å². The van der Waals surface area contributed by atoms with Crippen molar-refractivity contribution in [3.05, 3.63) is 0 Å². The fourth-order valence-electron chi connectivity index (χ4n) is 4.70. The lowest BCUT2D eigenvalue weighted by molar-refractivity contribution is -0.244. The minimum Gasteiger partial charge on any atom is -0.434 e. The van der Waals surface area contributed by atoms with Crippen LogP contribution in [0.3, 0.4) is 0 Å². The average Bonchev–Trinajstić information content (AvgIpc) is 3.47. The molecule has 0 bridgehead atoms. The monoisotopic (exact) mass is 562 g/mol. The Morgan fingerprint density at radius 3 is 1.97 bits per heavy atom. The Hall–Kier alpha value is -2.86. The predicted molar refractivity (Wildman–Crippen MR) is 135 cm³/mol. The van der Waals surface area contributed by atoms with Gasteiger partial charge in [0.05, 0.1) is 6.04 Å². The van der Waals surface area contributed by atoms with E-state index in [1.54, 1.807) is 20.8 Å². The summed E-state index contributed by atoms with van der Waals surface area (Å²) in [5, 5.41) is 4.90. The third kappa shape index (κ3) is 8.07. The molecule has 1 saturated carbocycles. The Kier molecular flexibility index (Phi) is 9.71. The van der Waals surface area contributed by atoms with Crippen molar-refractivity contribution in [3.8, 4) is 0 Å². The summed E-state index contributed by atoms with van der Waals surface area (Å²) in [5.41, 5.74) is 1.42. The van der Waals surface area contributed by atoms with Gasteiger partial charge in [0.25, 0.3) is 5.91 Å². The van der Waals surface area contributed by atoms with E-state index in [2.05, 4.69) is 15.4 Å². The summed E-state index contributed by atoms with van der Waals surface area (Å²) in [7, 11) is 0. The molecule has 222 valence electrons. The molecule has 0 aromatic rings. The van der Waals surface area contributed by atoms with Gasteiger partial charge in [0.15, 0.2) is 0 Å². The second-order valence-corrected chi connectivity index (χ2v) is 12.5. The molecule has 2 rings (SSSR count). The summed E-state index contributed by atoms with van der Waals surface area (Å²) >= 11 is 0. The molecule has 1 aliphatic carbocycles. The summed E-state index contributed by atoms with van der Waals surface area (Å²) in [6.45, 7) is 10.2. The number of hydrogen-bond acceptors (Lipinski definition) is 6. The number of Topliss-reactive ketones (excluding diaryl/α,β-unsaturated/α-hetero) is 1. The van der Waals surface area contributed by atoms with Gasteiger partial charge < -0.3 is 26.0 Å². The number of amides is 4. The Morgan fingerprint density at radius 1 is 0.974 bits per heavy atom. The van der Waals surface area contributed by atoms with Gasteiger partial charge in [0, 0.05) is 6.54 Å². The van der Waals surface area contributed by atoms with Crippen LogP contribution in [0, 0.1) is 23.2 Å². The number of ketones is 1. The molecule has 1 aliphatic heterocycles. The van der Waals surface area contributed by atoms with Crippen molar-refractivity contribution < 1.29 is 41.9 Å².